The number of aryl methyl sites for hydroxylation is 1. The second-order valence-corrected chi connectivity index (χ2v) is 10.5. The first-order chi connectivity index (χ1) is 16.6. The molecule has 2 aromatic carbocycles. The number of amides is 1. The van der Waals surface area contributed by atoms with E-state index in [-0.39, 0.29) is 23.0 Å². The molecule has 0 aliphatic rings. The molecule has 0 unspecified atom stereocenters. The maximum absolute atomic E-state index is 12.3. The maximum atomic E-state index is 12.3. The average molecular weight is 491 g/mol. The maximum Gasteiger partial charge on any atom is 0.275 e. The van der Waals surface area contributed by atoms with E-state index in [1.54, 1.807) is 0 Å². The summed E-state index contributed by atoms with van der Waals surface area (Å²) < 4.78 is 2.22. The van der Waals surface area contributed by atoms with Crippen molar-refractivity contribution in [2.75, 3.05) is 18.8 Å². The van der Waals surface area contributed by atoms with E-state index in [1.807, 2.05) is 23.5 Å². The summed E-state index contributed by atoms with van der Waals surface area (Å²) in [5.74, 6) is 0.541. The molecule has 3 rings (SSSR count). The predicted molar refractivity (Wildman–Crippen MR) is 148 cm³/mol. The van der Waals surface area contributed by atoms with Gasteiger partial charge in [-0.05, 0) is 24.6 Å². The SMILES string of the molecule is C=C(/C=C/c1c(C)n(C)c2ccccc12)C(C)(C)c1ccccc1[NH2+]CC(=O)NCCSC(C)=O. The average Bonchev–Trinajstić information content (AvgIpc) is 3.08. The molecule has 0 saturated heterocycles. The molecule has 0 aliphatic carbocycles. The Bertz CT molecular complexity index is 1270. The molecule has 1 aromatic heterocycles. The number of benzene rings is 2. The summed E-state index contributed by atoms with van der Waals surface area (Å²) in [6.07, 6.45) is 4.28. The molecule has 1 amide bonds. The minimum atomic E-state index is -0.323. The second-order valence-electron chi connectivity index (χ2n) is 9.24. The van der Waals surface area contributed by atoms with Crippen LogP contribution in [0, 0.1) is 6.92 Å². The molecule has 0 atom stereocenters. The van der Waals surface area contributed by atoms with Crippen molar-refractivity contribution in [3.8, 4) is 0 Å². The lowest BCUT2D eigenvalue weighted by atomic mass is 9.77. The highest BCUT2D eigenvalue weighted by Crippen LogP contribution is 2.35. The fourth-order valence-electron chi connectivity index (χ4n) is 4.23. The van der Waals surface area contributed by atoms with Crippen molar-refractivity contribution in [1.82, 2.24) is 9.88 Å². The summed E-state index contributed by atoms with van der Waals surface area (Å²) >= 11 is 1.22. The number of thioether (sulfide) groups is 1. The molecule has 6 heteroatoms. The summed E-state index contributed by atoms with van der Waals surface area (Å²) in [4.78, 5) is 23.3. The van der Waals surface area contributed by atoms with Gasteiger partial charge in [-0.3, -0.25) is 9.59 Å². The minimum absolute atomic E-state index is 0.0492. The lowest BCUT2D eigenvalue weighted by molar-refractivity contribution is -0.560. The molecule has 0 radical (unpaired) electrons. The second kappa shape index (κ2) is 11.6. The van der Waals surface area contributed by atoms with Gasteiger partial charge in [0.1, 0.15) is 5.69 Å². The van der Waals surface area contributed by atoms with Gasteiger partial charge in [0.05, 0.1) is 0 Å². The van der Waals surface area contributed by atoms with E-state index in [1.165, 1.54) is 40.8 Å². The number of para-hydroxylation sites is 2. The first-order valence-electron chi connectivity index (χ1n) is 11.9. The number of nitrogens with two attached hydrogens (primary N) is 1. The Morgan fingerprint density at radius 3 is 2.57 bits per heavy atom. The van der Waals surface area contributed by atoms with Gasteiger partial charge >= 0.3 is 0 Å². The number of quaternary nitrogens is 1. The highest BCUT2D eigenvalue weighted by molar-refractivity contribution is 8.13. The van der Waals surface area contributed by atoms with E-state index in [2.05, 4.69) is 86.8 Å². The van der Waals surface area contributed by atoms with Gasteiger partial charge in [0.15, 0.2) is 11.7 Å². The number of aromatic nitrogens is 1. The highest BCUT2D eigenvalue weighted by Gasteiger charge is 2.27. The number of hydrogen-bond acceptors (Lipinski definition) is 3. The van der Waals surface area contributed by atoms with Crippen LogP contribution in [0.15, 0.2) is 66.8 Å². The van der Waals surface area contributed by atoms with Crippen molar-refractivity contribution in [2.45, 2.75) is 33.1 Å². The van der Waals surface area contributed by atoms with Crippen LogP contribution in [0.3, 0.4) is 0 Å². The van der Waals surface area contributed by atoms with Crippen molar-refractivity contribution in [3.05, 3.63) is 83.6 Å². The largest absolute Gasteiger partial charge is 0.350 e. The van der Waals surface area contributed by atoms with Crippen LogP contribution in [-0.4, -0.2) is 34.4 Å². The summed E-state index contributed by atoms with van der Waals surface area (Å²) in [7, 11) is 2.10. The summed E-state index contributed by atoms with van der Waals surface area (Å²) in [5, 5.41) is 6.14. The van der Waals surface area contributed by atoms with Crippen molar-refractivity contribution in [2.24, 2.45) is 7.05 Å². The Balaban J connectivity index is 1.73. The lowest BCUT2D eigenvalue weighted by Gasteiger charge is -2.27. The van der Waals surface area contributed by atoms with Crippen molar-refractivity contribution in [3.63, 3.8) is 0 Å². The molecule has 0 aliphatic heterocycles. The van der Waals surface area contributed by atoms with Gasteiger partial charge in [0.25, 0.3) is 5.91 Å². The Morgan fingerprint density at radius 1 is 1.14 bits per heavy atom. The number of nitrogens with zero attached hydrogens (tertiary/aromatic N) is 1. The number of fused-ring (bicyclic) bond motifs is 1. The fourth-order valence-corrected chi connectivity index (χ4v) is 4.72. The van der Waals surface area contributed by atoms with Crippen LogP contribution in [-0.2, 0) is 22.1 Å². The van der Waals surface area contributed by atoms with Gasteiger partial charge in [0.2, 0.25) is 0 Å². The number of allylic oxidation sites excluding steroid dienone is 2. The quantitative estimate of drug-likeness (QED) is 0.247. The number of hydrogen-bond donors (Lipinski definition) is 2. The summed E-state index contributed by atoms with van der Waals surface area (Å²) in [6.45, 7) is 13.2. The van der Waals surface area contributed by atoms with Crippen LogP contribution in [0.1, 0.15) is 37.6 Å². The van der Waals surface area contributed by atoms with Crippen LogP contribution < -0.4 is 10.6 Å². The number of carbonyl (C=O) groups is 2. The van der Waals surface area contributed by atoms with Gasteiger partial charge in [-0.25, -0.2) is 0 Å². The molecule has 35 heavy (non-hydrogen) atoms. The van der Waals surface area contributed by atoms with E-state index in [9.17, 15) is 9.59 Å². The third-order valence-electron chi connectivity index (χ3n) is 6.57. The minimum Gasteiger partial charge on any atom is -0.350 e. The van der Waals surface area contributed by atoms with Crippen LogP contribution in [0.5, 0.6) is 0 Å². The highest BCUT2D eigenvalue weighted by atomic mass is 32.2. The molecule has 3 aromatic rings. The topological polar surface area (TPSA) is 67.7 Å². The molecule has 0 bridgehead atoms. The zero-order chi connectivity index (χ0) is 25.6. The predicted octanol–water partition coefficient (Wildman–Crippen LogP) is 4.62. The van der Waals surface area contributed by atoms with Crippen molar-refractivity contribution < 1.29 is 14.9 Å². The van der Waals surface area contributed by atoms with E-state index >= 15 is 0 Å². The van der Waals surface area contributed by atoms with Crippen molar-refractivity contribution >= 4 is 45.5 Å². The van der Waals surface area contributed by atoms with Crippen molar-refractivity contribution in [1.29, 1.82) is 0 Å². The molecule has 0 saturated carbocycles. The molecule has 1 heterocycles. The standard InChI is InChI=1S/C29H35N3O2S/c1-20(15-16-23-21(2)32(6)27-14-10-7-11-24(23)27)29(4,5)25-12-8-9-13-26(25)31-19-28(34)30-17-18-35-22(3)33/h7-16,31H,1,17-19H2,2-6H3,(H,30,34)/p+1/b16-15+. The monoisotopic (exact) mass is 490 g/mol. The van der Waals surface area contributed by atoms with Gasteiger partial charge < -0.3 is 15.2 Å². The van der Waals surface area contributed by atoms with E-state index in [0.717, 1.165) is 16.8 Å². The Morgan fingerprint density at radius 2 is 1.83 bits per heavy atom. The molecule has 5 nitrogen and oxygen atoms in total. The van der Waals surface area contributed by atoms with E-state index in [4.69, 9.17) is 0 Å². The van der Waals surface area contributed by atoms with Crippen LogP contribution in [0.25, 0.3) is 17.0 Å². The molecule has 0 fully saturated rings. The Hall–Kier alpha value is -3.09. The fraction of sp³-hybridized carbons (Fsp3) is 0.310. The molecule has 3 N–H and O–H groups in total. The first-order valence-corrected chi connectivity index (χ1v) is 12.9. The van der Waals surface area contributed by atoms with Crippen LogP contribution >= 0.6 is 11.8 Å². The number of rotatable bonds is 10. The van der Waals surface area contributed by atoms with Gasteiger partial charge in [-0.15, -0.1) is 0 Å². The summed E-state index contributed by atoms with van der Waals surface area (Å²) in [5.41, 5.74) is 6.47. The third-order valence-corrected chi connectivity index (χ3v) is 7.39. The zero-order valence-electron chi connectivity index (χ0n) is 21.4. The lowest BCUT2D eigenvalue weighted by Crippen LogP contribution is -2.81. The van der Waals surface area contributed by atoms with Gasteiger partial charge in [0, 0.05) is 59.4 Å². The Labute approximate surface area is 212 Å². The van der Waals surface area contributed by atoms with Crippen LogP contribution in [0.2, 0.25) is 0 Å². The Kier molecular flexibility index (Phi) is 8.76. The molecule has 0 spiro atoms. The summed E-state index contributed by atoms with van der Waals surface area (Å²) in [6, 6.07) is 16.6. The normalized spacial score (nSPS) is 11.8. The molecule has 184 valence electrons. The van der Waals surface area contributed by atoms with Gasteiger partial charge in [-0.2, -0.15) is 0 Å². The smallest absolute Gasteiger partial charge is 0.275 e. The zero-order valence-corrected chi connectivity index (χ0v) is 22.2. The van der Waals surface area contributed by atoms with Gasteiger partial charge in [-0.1, -0.05) is 80.7 Å². The first kappa shape index (κ1) is 26.5. The van der Waals surface area contributed by atoms with E-state index in [0.29, 0.717) is 12.3 Å². The third kappa shape index (κ3) is 6.32. The van der Waals surface area contributed by atoms with E-state index < -0.39 is 0 Å². The molecular weight excluding hydrogens is 454 g/mol. The number of carbonyl (C=O) groups excluding carboxylic acids is 2. The van der Waals surface area contributed by atoms with Crippen LogP contribution in [0.4, 0.5) is 5.69 Å². The number of nitrogens with one attached hydrogen (secondary N) is 1. The molecular formula is C29H36N3O2S+.